The number of phenolic OH excluding ortho intramolecular Hbond substituents is 2. The third-order valence-corrected chi connectivity index (χ3v) is 2.56. The molecule has 0 aliphatic heterocycles. The van der Waals surface area contributed by atoms with E-state index in [4.69, 9.17) is 9.84 Å². The van der Waals surface area contributed by atoms with E-state index in [2.05, 4.69) is 0 Å². The summed E-state index contributed by atoms with van der Waals surface area (Å²) < 4.78 is 4.88. The molecule has 94 valence electrons. The Morgan fingerprint density at radius 1 is 1.35 bits per heavy atom. The van der Waals surface area contributed by atoms with Crippen LogP contribution < -0.4 is 4.74 Å². The smallest absolute Gasteiger partial charge is 0.309 e. The number of methoxy groups -OCH3 is 1. The lowest BCUT2D eigenvalue weighted by atomic mass is 9.86. The Kier molecular flexibility index (Phi) is 3.50. The number of carboxylic acid groups (broad SMARTS) is 1. The maximum absolute atomic E-state index is 11.0. The summed E-state index contributed by atoms with van der Waals surface area (Å²) in [7, 11) is 1.36. The second-order valence-electron chi connectivity index (χ2n) is 4.53. The number of hydrogen-bond acceptors (Lipinski definition) is 4. The van der Waals surface area contributed by atoms with E-state index in [0.29, 0.717) is 5.56 Å². The Morgan fingerprint density at radius 2 is 1.94 bits per heavy atom. The summed E-state index contributed by atoms with van der Waals surface area (Å²) in [5.74, 6) is -1.46. The molecule has 0 aliphatic carbocycles. The second kappa shape index (κ2) is 4.53. The monoisotopic (exact) mass is 240 g/mol. The van der Waals surface area contributed by atoms with Gasteiger partial charge in [0.05, 0.1) is 12.5 Å². The zero-order chi connectivity index (χ0) is 13.2. The number of rotatable bonds is 4. The molecular formula is C12H16O5. The molecule has 0 aromatic heterocycles. The van der Waals surface area contributed by atoms with Crippen LogP contribution in [-0.4, -0.2) is 28.4 Å². The highest BCUT2D eigenvalue weighted by atomic mass is 16.5. The van der Waals surface area contributed by atoms with Gasteiger partial charge < -0.3 is 20.1 Å². The van der Waals surface area contributed by atoms with Crippen LogP contribution in [0, 0.1) is 5.41 Å². The summed E-state index contributed by atoms with van der Waals surface area (Å²) in [4.78, 5) is 11.0. The number of ether oxygens (including phenoxy) is 1. The molecule has 0 saturated heterocycles. The van der Waals surface area contributed by atoms with Gasteiger partial charge in [0.25, 0.3) is 0 Å². The molecule has 3 N–H and O–H groups in total. The number of aromatic hydroxyl groups is 2. The summed E-state index contributed by atoms with van der Waals surface area (Å²) in [6, 6.07) is 2.85. The van der Waals surface area contributed by atoms with E-state index in [1.807, 2.05) is 0 Å². The van der Waals surface area contributed by atoms with Crippen molar-refractivity contribution in [3.63, 3.8) is 0 Å². The Labute approximate surface area is 99.3 Å². The fourth-order valence-corrected chi connectivity index (χ4v) is 1.49. The van der Waals surface area contributed by atoms with Gasteiger partial charge in [0, 0.05) is 0 Å². The van der Waals surface area contributed by atoms with Crippen LogP contribution in [0.5, 0.6) is 17.2 Å². The molecule has 1 rings (SSSR count). The summed E-state index contributed by atoms with van der Waals surface area (Å²) in [6.07, 6.45) is 0.229. The first kappa shape index (κ1) is 13.2. The molecule has 0 aliphatic rings. The largest absolute Gasteiger partial charge is 0.504 e. The van der Waals surface area contributed by atoms with Crippen molar-refractivity contribution in [1.29, 1.82) is 0 Å². The molecule has 0 fully saturated rings. The molecule has 0 bridgehead atoms. The van der Waals surface area contributed by atoms with E-state index in [-0.39, 0.29) is 23.7 Å². The number of benzene rings is 1. The first-order valence-corrected chi connectivity index (χ1v) is 5.10. The van der Waals surface area contributed by atoms with Crippen molar-refractivity contribution in [2.75, 3.05) is 7.11 Å². The topological polar surface area (TPSA) is 87.0 Å². The first-order chi connectivity index (χ1) is 7.77. The standard InChI is InChI=1S/C12H16O5/c1-12(2,11(15)16)6-7-4-8(13)10(14)9(5-7)17-3/h4-5,13-14H,6H2,1-3H3,(H,15,16). The number of aliphatic carboxylic acids is 1. The molecule has 0 radical (unpaired) electrons. The highest BCUT2D eigenvalue weighted by Crippen LogP contribution is 2.37. The minimum absolute atomic E-state index is 0.126. The predicted molar refractivity (Wildman–Crippen MR) is 61.4 cm³/mol. The second-order valence-corrected chi connectivity index (χ2v) is 4.53. The number of phenols is 2. The van der Waals surface area contributed by atoms with Crippen LogP contribution in [-0.2, 0) is 11.2 Å². The molecule has 0 amide bonds. The zero-order valence-corrected chi connectivity index (χ0v) is 10.0. The predicted octanol–water partition coefficient (Wildman–Crippen LogP) is 1.76. The fraction of sp³-hybridized carbons (Fsp3) is 0.417. The molecule has 0 spiro atoms. The minimum Gasteiger partial charge on any atom is -0.504 e. The Morgan fingerprint density at radius 3 is 2.41 bits per heavy atom. The van der Waals surface area contributed by atoms with Gasteiger partial charge >= 0.3 is 5.97 Å². The van der Waals surface area contributed by atoms with Crippen LogP contribution in [0.3, 0.4) is 0 Å². The normalized spacial score (nSPS) is 11.2. The van der Waals surface area contributed by atoms with Crippen LogP contribution in [0.2, 0.25) is 0 Å². The van der Waals surface area contributed by atoms with Crippen LogP contribution >= 0.6 is 0 Å². The summed E-state index contributed by atoms with van der Waals surface area (Å²) >= 11 is 0. The average Bonchev–Trinajstić information content (AvgIpc) is 2.22. The number of hydrogen-bond donors (Lipinski definition) is 3. The average molecular weight is 240 g/mol. The fourth-order valence-electron chi connectivity index (χ4n) is 1.49. The lowest BCUT2D eigenvalue weighted by molar-refractivity contribution is -0.146. The highest BCUT2D eigenvalue weighted by Gasteiger charge is 2.28. The molecule has 0 saturated carbocycles. The van der Waals surface area contributed by atoms with E-state index in [0.717, 1.165) is 0 Å². The van der Waals surface area contributed by atoms with E-state index >= 15 is 0 Å². The van der Waals surface area contributed by atoms with Crippen LogP contribution in [0.25, 0.3) is 0 Å². The molecule has 0 unspecified atom stereocenters. The van der Waals surface area contributed by atoms with Gasteiger partial charge in [-0.1, -0.05) is 0 Å². The highest BCUT2D eigenvalue weighted by molar-refractivity contribution is 5.74. The minimum atomic E-state index is -0.950. The SMILES string of the molecule is COc1cc(CC(C)(C)C(=O)O)cc(O)c1O. The summed E-state index contributed by atoms with van der Waals surface area (Å²) in [6.45, 7) is 3.18. The third kappa shape index (κ3) is 2.81. The summed E-state index contributed by atoms with van der Waals surface area (Å²) in [5, 5.41) is 27.9. The Balaban J connectivity index is 3.09. The van der Waals surface area contributed by atoms with E-state index in [9.17, 15) is 15.0 Å². The quantitative estimate of drug-likeness (QED) is 0.698. The van der Waals surface area contributed by atoms with Gasteiger partial charge in [-0.15, -0.1) is 0 Å². The van der Waals surface area contributed by atoms with Crippen molar-refractivity contribution in [2.45, 2.75) is 20.3 Å². The van der Waals surface area contributed by atoms with Gasteiger partial charge in [-0.3, -0.25) is 4.79 Å². The molecule has 1 aromatic rings. The van der Waals surface area contributed by atoms with Crippen LogP contribution in [0.4, 0.5) is 0 Å². The van der Waals surface area contributed by atoms with Crippen LogP contribution in [0.1, 0.15) is 19.4 Å². The number of carbonyl (C=O) groups is 1. The molecule has 5 heteroatoms. The van der Waals surface area contributed by atoms with Crippen molar-refractivity contribution in [3.8, 4) is 17.2 Å². The van der Waals surface area contributed by atoms with Crippen molar-refractivity contribution in [3.05, 3.63) is 17.7 Å². The van der Waals surface area contributed by atoms with E-state index in [1.54, 1.807) is 13.8 Å². The van der Waals surface area contributed by atoms with Gasteiger partial charge in [0.1, 0.15) is 0 Å². The van der Waals surface area contributed by atoms with Gasteiger partial charge in [0.2, 0.25) is 5.75 Å². The molecular weight excluding hydrogens is 224 g/mol. The van der Waals surface area contributed by atoms with Crippen molar-refractivity contribution < 1.29 is 24.9 Å². The Bertz CT molecular complexity index is 437. The lowest BCUT2D eigenvalue weighted by Gasteiger charge is -2.19. The van der Waals surface area contributed by atoms with Crippen molar-refractivity contribution in [1.82, 2.24) is 0 Å². The van der Waals surface area contributed by atoms with Crippen molar-refractivity contribution >= 4 is 5.97 Å². The lowest BCUT2D eigenvalue weighted by Crippen LogP contribution is -2.26. The zero-order valence-electron chi connectivity index (χ0n) is 10.0. The molecule has 17 heavy (non-hydrogen) atoms. The third-order valence-electron chi connectivity index (χ3n) is 2.56. The van der Waals surface area contributed by atoms with Crippen LogP contribution in [0.15, 0.2) is 12.1 Å². The van der Waals surface area contributed by atoms with Gasteiger partial charge in [0.15, 0.2) is 11.5 Å². The maximum atomic E-state index is 11.0. The maximum Gasteiger partial charge on any atom is 0.309 e. The van der Waals surface area contributed by atoms with Gasteiger partial charge in [-0.2, -0.15) is 0 Å². The summed E-state index contributed by atoms with van der Waals surface area (Å²) in [5.41, 5.74) is -0.362. The Hall–Kier alpha value is -1.91. The molecule has 0 heterocycles. The molecule has 0 atom stereocenters. The van der Waals surface area contributed by atoms with Crippen molar-refractivity contribution in [2.24, 2.45) is 5.41 Å². The van der Waals surface area contributed by atoms with E-state index < -0.39 is 11.4 Å². The van der Waals surface area contributed by atoms with E-state index in [1.165, 1.54) is 19.2 Å². The van der Waals surface area contributed by atoms with Gasteiger partial charge in [-0.25, -0.2) is 0 Å². The number of carboxylic acids is 1. The van der Waals surface area contributed by atoms with Gasteiger partial charge in [-0.05, 0) is 38.0 Å². The molecule has 1 aromatic carbocycles. The first-order valence-electron chi connectivity index (χ1n) is 5.10. The molecule has 5 nitrogen and oxygen atoms in total.